The number of aromatic nitrogens is 4. The lowest BCUT2D eigenvalue weighted by Crippen LogP contribution is -2.30. The zero-order valence-corrected chi connectivity index (χ0v) is 16.5. The van der Waals surface area contributed by atoms with Gasteiger partial charge in [-0.15, -0.1) is 0 Å². The van der Waals surface area contributed by atoms with Crippen molar-refractivity contribution in [1.82, 2.24) is 25.3 Å². The van der Waals surface area contributed by atoms with Crippen molar-refractivity contribution < 1.29 is 14.3 Å². The molecule has 2 atom stereocenters. The number of fused-ring (bicyclic) bond motifs is 1. The Hall–Kier alpha value is -2.19. The van der Waals surface area contributed by atoms with Crippen LogP contribution in [0.2, 0.25) is 0 Å². The summed E-state index contributed by atoms with van der Waals surface area (Å²) < 4.78 is 12.8. The quantitative estimate of drug-likeness (QED) is 0.688. The van der Waals surface area contributed by atoms with Crippen LogP contribution in [0.1, 0.15) is 59.4 Å². The van der Waals surface area contributed by atoms with E-state index in [1.54, 1.807) is 11.8 Å². The van der Waals surface area contributed by atoms with Gasteiger partial charge in [0.15, 0.2) is 0 Å². The molecule has 27 heavy (non-hydrogen) atoms. The molecule has 1 aliphatic heterocycles. The standard InChI is InChI=1S/C19H29N5O3/c1-12-10-16-17(14(3)27-12)23-24(8-9-26-4)18(16)19(25)20-7-5-6-15-11-21-22-13(15)2/h11-12,14H,5-10H2,1-4H3,(H,20,25)(H,21,22)/t12-,14+/m0/s1. The molecule has 0 aliphatic carbocycles. The zero-order valence-electron chi connectivity index (χ0n) is 16.5. The van der Waals surface area contributed by atoms with E-state index in [4.69, 9.17) is 9.47 Å². The molecule has 148 valence electrons. The van der Waals surface area contributed by atoms with Gasteiger partial charge in [-0.05, 0) is 39.2 Å². The first kappa shape index (κ1) is 19.6. The van der Waals surface area contributed by atoms with Gasteiger partial charge in [0.2, 0.25) is 0 Å². The molecule has 0 saturated carbocycles. The summed E-state index contributed by atoms with van der Waals surface area (Å²) in [6, 6.07) is 0. The van der Waals surface area contributed by atoms with Crippen LogP contribution >= 0.6 is 0 Å². The van der Waals surface area contributed by atoms with Crippen molar-refractivity contribution in [2.24, 2.45) is 0 Å². The minimum atomic E-state index is -0.108. The van der Waals surface area contributed by atoms with E-state index in [0.717, 1.165) is 29.8 Å². The second kappa shape index (κ2) is 8.67. The lowest BCUT2D eigenvalue weighted by molar-refractivity contribution is -0.00716. The normalized spacial score (nSPS) is 19.1. The summed E-state index contributed by atoms with van der Waals surface area (Å²) in [5.41, 5.74) is 4.77. The maximum Gasteiger partial charge on any atom is 0.269 e. The molecular formula is C19H29N5O3. The molecule has 8 nitrogen and oxygen atoms in total. The third-order valence-corrected chi connectivity index (χ3v) is 4.96. The SMILES string of the molecule is COCCn1nc2c(c1C(=O)NCCCc1cn[nH]c1C)C[C@H](C)O[C@@H]2C. The topological polar surface area (TPSA) is 94.1 Å². The van der Waals surface area contributed by atoms with Crippen LogP contribution in [0.25, 0.3) is 0 Å². The number of carbonyl (C=O) groups excluding carboxylic acids is 1. The number of rotatable bonds is 8. The molecular weight excluding hydrogens is 346 g/mol. The Balaban J connectivity index is 1.69. The van der Waals surface area contributed by atoms with E-state index in [2.05, 4.69) is 20.6 Å². The number of ether oxygens (including phenoxy) is 2. The van der Waals surface area contributed by atoms with E-state index in [0.29, 0.717) is 31.8 Å². The lowest BCUT2D eigenvalue weighted by atomic mass is 9.99. The van der Waals surface area contributed by atoms with Gasteiger partial charge in [0, 0.05) is 31.3 Å². The van der Waals surface area contributed by atoms with Gasteiger partial charge in [-0.1, -0.05) is 0 Å². The van der Waals surface area contributed by atoms with Gasteiger partial charge >= 0.3 is 0 Å². The van der Waals surface area contributed by atoms with E-state index in [9.17, 15) is 4.79 Å². The molecule has 0 bridgehead atoms. The van der Waals surface area contributed by atoms with Crippen LogP contribution in [-0.4, -0.2) is 52.3 Å². The van der Waals surface area contributed by atoms with Crippen molar-refractivity contribution in [1.29, 1.82) is 0 Å². The van der Waals surface area contributed by atoms with Crippen LogP contribution in [0.15, 0.2) is 6.20 Å². The molecule has 2 aromatic heterocycles. The minimum absolute atomic E-state index is 0.0724. The molecule has 1 aliphatic rings. The smallest absolute Gasteiger partial charge is 0.269 e. The van der Waals surface area contributed by atoms with E-state index in [-0.39, 0.29) is 18.1 Å². The highest BCUT2D eigenvalue weighted by Crippen LogP contribution is 2.31. The average Bonchev–Trinajstić information content (AvgIpc) is 3.20. The number of nitrogens with one attached hydrogen (secondary N) is 2. The number of nitrogens with zero attached hydrogens (tertiary/aromatic N) is 3. The van der Waals surface area contributed by atoms with Gasteiger partial charge in [-0.3, -0.25) is 14.6 Å². The predicted molar refractivity (Wildman–Crippen MR) is 101 cm³/mol. The summed E-state index contributed by atoms with van der Waals surface area (Å²) in [6.07, 6.45) is 4.24. The highest BCUT2D eigenvalue weighted by atomic mass is 16.5. The fourth-order valence-electron chi connectivity index (χ4n) is 3.58. The molecule has 1 amide bonds. The second-order valence-electron chi connectivity index (χ2n) is 7.10. The molecule has 0 radical (unpaired) electrons. The molecule has 3 rings (SSSR count). The summed E-state index contributed by atoms with van der Waals surface area (Å²) in [5, 5.41) is 14.7. The molecule has 8 heteroatoms. The minimum Gasteiger partial charge on any atom is -0.383 e. The van der Waals surface area contributed by atoms with Gasteiger partial charge in [0.05, 0.1) is 37.3 Å². The number of H-pyrrole nitrogens is 1. The van der Waals surface area contributed by atoms with Crippen molar-refractivity contribution in [3.8, 4) is 0 Å². The number of methoxy groups -OCH3 is 1. The third-order valence-electron chi connectivity index (χ3n) is 4.96. The van der Waals surface area contributed by atoms with Gasteiger partial charge in [0.25, 0.3) is 5.91 Å². The summed E-state index contributed by atoms with van der Waals surface area (Å²) in [7, 11) is 1.65. The fraction of sp³-hybridized carbons (Fsp3) is 0.632. The Kier molecular flexibility index (Phi) is 6.28. The highest BCUT2D eigenvalue weighted by molar-refractivity contribution is 5.94. The first-order valence-corrected chi connectivity index (χ1v) is 9.52. The second-order valence-corrected chi connectivity index (χ2v) is 7.10. The predicted octanol–water partition coefficient (Wildman–Crippen LogP) is 1.95. The zero-order chi connectivity index (χ0) is 19.4. The summed E-state index contributed by atoms with van der Waals surface area (Å²) in [4.78, 5) is 12.9. The van der Waals surface area contributed by atoms with Crippen LogP contribution in [0.3, 0.4) is 0 Å². The summed E-state index contributed by atoms with van der Waals surface area (Å²) in [6.45, 7) is 7.67. The van der Waals surface area contributed by atoms with E-state index < -0.39 is 0 Å². The van der Waals surface area contributed by atoms with Gasteiger partial charge in [-0.25, -0.2) is 0 Å². The lowest BCUT2D eigenvalue weighted by Gasteiger charge is -2.24. The van der Waals surface area contributed by atoms with Crippen LogP contribution in [0, 0.1) is 6.92 Å². The number of amides is 1. The number of hydrogen-bond donors (Lipinski definition) is 2. The van der Waals surface area contributed by atoms with Crippen molar-refractivity contribution in [3.05, 3.63) is 34.4 Å². The van der Waals surface area contributed by atoms with Crippen LogP contribution < -0.4 is 5.32 Å². The number of aryl methyl sites for hydroxylation is 2. The van der Waals surface area contributed by atoms with Gasteiger partial charge < -0.3 is 14.8 Å². The maximum absolute atomic E-state index is 12.9. The average molecular weight is 375 g/mol. The molecule has 0 spiro atoms. The highest BCUT2D eigenvalue weighted by Gasteiger charge is 2.31. The Morgan fingerprint density at radius 3 is 3.00 bits per heavy atom. The Morgan fingerprint density at radius 2 is 2.30 bits per heavy atom. The Labute approximate surface area is 159 Å². The van der Waals surface area contributed by atoms with Gasteiger partial charge in [-0.2, -0.15) is 10.2 Å². The maximum atomic E-state index is 12.9. The monoisotopic (exact) mass is 375 g/mol. The molecule has 2 N–H and O–H groups in total. The Morgan fingerprint density at radius 1 is 1.48 bits per heavy atom. The van der Waals surface area contributed by atoms with Crippen LogP contribution in [0.5, 0.6) is 0 Å². The van der Waals surface area contributed by atoms with E-state index in [1.807, 2.05) is 27.0 Å². The van der Waals surface area contributed by atoms with Crippen molar-refractivity contribution in [2.75, 3.05) is 20.3 Å². The summed E-state index contributed by atoms with van der Waals surface area (Å²) in [5.74, 6) is -0.0786. The molecule has 0 unspecified atom stereocenters. The fourth-order valence-corrected chi connectivity index (χ4v) is 3.58. The molecule has 0 fully saturated rings. The molecule has 3 heterocycles. The van der Waals surface area contributed by atoms with Crippen LogP contribution in [0.4, 0.5) is 0 Å². The van der Waals surface area contributed by atoms with E-state index in [1.165, 1.54) is 5.56 Å². The molecule has 0 aromatic carbocycles. The first-order chi connectivity index (χ1) is 13.0. The molecule has 2 aromatic rings. The number of carbonyl (C=O) groups is 1. The first-order valence-electron chi connectivity index (χ1n) is 9.52. The number of hydrogen-bond acceptors (Lipinski definition) is 5. The van der Waals surface area contributed by atoms with Crippen molar-refractivity contribution in [3.63, 3.8) is 0 Å². The largest absolute Gasteiger partial charge is 0.383 e. The van der Waals surface area contributed by atoms with Crippen LogP contribution in [-0.2, 0) is 28.9 Å². The van der Waals surface area contributed by atoms with Gasteiger partial charge in [0.1, 0.15) is 5.69 Å². The third kappa shape index (κ3) is 4.39. The van der Waals surface area contributed by atoms with E-state index >= 15 is 0 Å². The number of aromatic amines is 1. The molecule has 0 saturated heterocycles. The Bertz CT molecular complexity index is 782. The van der Waals surface area contributed by atoms with Crippen molar-refractivity contribution in [2.45, 2.75) is 58.8 Å². The summed E-state index contributed by atoms with van der Waals surface area (Å²) >= 11 is 0. The van der Waals surface area contributed by atoms with Crippen molar-refractivity contribution >= 4 is 5.91 Å².